The molecular formula is C11H15N3O. The molecule has 0 saturated carbocycles. The first-order chi connectivity index (χ1) is 7.38. The Labute approximate surface area is 89.5 Å². The second-order valence-corrected chi connectivity index (χ2v) is 3.73. The van der Waals surface area contributed by atoms with Crippen LogP contribution in [0.25, 0.3) is 0 Å². The summed E-state index contributed by atoms with van der Waals surface area (Å²) in [5.74, 6) is 1.73. The highest BCUT2D eigenvalue weighted by Gasteiger charge is 2.11. The van der Waals surface area contributed by atoms with E-state index in [2.05, 4.69) is 16.3 Å². The third-order valence-corrected chi connectivity index (χ3v) is 2.56. The van der Waals surface area contributed by atoms with E-state index >= 15 is 0 Å². The van der Waals surface area contributed by atoms with Crippen LogP contribution in [0.2, 0.25) is 0 Å². The van der Waals surface area contributed by atoms with Crippen LogP contribution >= 0.6 is 0 Å². The number of nitrogens with zero attached hydrogens (tertiary/aromatic N) is 2. The molecule has 0 aliphatic carbocycles. The lowest BCUT2D eigenvalue weighted by atomic mass is 10.3. The van der Waals surface area contributed by atoms with E-state index in [-0.39, 0.29) is 0 Å². The lowest BCUT2D eigenvalue weighted by Crippen LogP contribution is -2.42. The van der Waals surface area contributed by atoms with Crippen LogP contribution in [0.15, 0.2) is 16.5 Å². The summed E-state index contributed by atoms with van der Waals surface area (Å²) in [5.41, 5.74) is 0. The van der Waals surface area contributed by atoms with Gasteiger partial charge in [0.1, 0.15) is 11.5 Å². The van der Waals surface area contributed by atoms with Gasteiger partial charge >= 0.3 is 0 Å². The molecule has 0 bridgehead atoms. The van der Waals surface area contributed by atoms with Gasteiger partial charge in [0.25, 0.3) is 0 Å². The molecule has 1 fully saturated rings. The predicted molar refractivity (Wildman–Crippen MR) is 56.2 cm³/mol. The molecule has 1 aromatic heterocycles. The molecule has 1 N–H and O–H groups in total. The van der Waals surface area contributed by atoms with Gasteiger partial charge in [-0.2, -0.15) is 5.26 Å². The van der Waals surface area contributed by atoms with Crippen molar-refractivity contribution in [3.63, 3.8) is 0 Å². The highest BCUT2D eigenvalue weighted by atomic mass is 16.3. The molecule has 80 valence electrons. The minimum Gasteiger partial charge on any atom is -0.464 e. The molecule has 15 heavy (non-hydrogen) atoms. The largest absolute Gasteiger partial charge is 0.464 e. The van der Waals surface area contributed by atoms with Gasteiger partial charge in [-0.15, -0.1) is 0 Å². The van der Waals surface area contributed by atoms with Crippen LogP contribution in [0, 0.1) is 11.3 Å². The Hall–Kier alpha value is -1.31. The Bertz CT molecular complexity index is 347. The van der Waals surface area contributed by atoms with E-state index < -0.39 is 0 Å². The maximum absolute atomic E-state index is 8.52. The van der Waals surface area contributed by atoms with Gasteiger partial charge < -0.3 is 9.73 Å². The third-order valence-electron chi connectivity index (χ3n) is 2.56. The molecule has 4 nitrogen and oxygen atoms in total. The summed E-state index contributed by atoms with van der Waals surface area (Å²) in [6.07, 6.45) is 0.363. The minimum atomic E-state index is 0.363. The first-order valence-corrected chi connectivity index (χ1v) is 5.26. The lowest BCUT2D eigenvalue weighted by molar-refractivity contribution is 0.215. The number of rotatable bonds is 3. The Morgan fingerprint density at radius 1 is 1.33 bits per heavy atom. The average Bonchev–Trinajstić information content (AvgIpc) is 2.68. The number of hydrogen-bond donors (Lipinski definition) is 1. The van der Waals surface area contributed by atoms with E-state index in [9.17, 15) is 0 Å². The monoisotopic (exact) mass is 205 g/mol. The van der Waals surface area contributed by atoms with Gasteiger partial charge in [-0.25, -0.2) is 0 Å². The summed E-state index contributed by atoms with van der Waals surface area (Å²) in [5, 5.41) is 11.8. The maximum Gasteiger partial charge on any atom is 0.118 e. The second kappa shape index (κ2) is 4.96. The van der Waals surface area contributed by atoms with E-state index in [0.29, 0.717) is 6.42 Å². The number of nitriles is 1. The van der Waals surface area contributed by atoms with Gasteiger partial charge in [0, 0.05) is 26.2 Å². The molecule has 1 saturated heterocycles. The quantitative estimate of drug-likeness (QED) is 0.791. The molecule has 2 rings (SSSR count). The van der Waals surface area contributed by atoms with Crippen LogP contribution < -0.4 is 5.32 Å². The van der Waals surface area contributed by atoms with Crippen LogP contribution in [-0.4, -0.2) is 31.1 Å². The van der Waals surface area contributed by atoms with Crippen LogP contribution in [0.4, 0.5) is 0 Å². The summed E-state index contributed by atoms with van der Waals surface area (Å²) >= 11 is 0. The van der Waals surface area contributed by atoms with Crippen molar-refractivity contribution in [2.75, 3.05) is 26.2 Å². The summed E-state index contributed by atoms with van der Waals surface area (Å²) < 4.78 is 5.54. The molecule has 1 aliphatic rings. The normalized spacial score (nSPS) is 17.5. The Morgan fingerprint density at radius 3 is 2.80 bits per heavy atom. The molecule has 4 heteroatoms. The molecule has 0 unspecified atom stereocenters. The van der Waals surface area contributed by atoms with Crippen molar-refractivity contribution in [2.24, 2.45) is 0 Å². The predicted octanol–water partition coefficient (Wildman–Crippen LogP) is 0.751. The van der Waals surface area contributed by atoms with Gasteiger partial charge in [-0.1, -0.05) is 0 Å². The summed E-state index contributed by atoms with van der Waals surface area (Å²) in [7, 11) is 0. The minimum absolute atomic E-state index is 0.363. The summed E-state index contributed by atoms with van der Waals surface area (Å²) in [6, 6.07) is 5.94. The van der Waals surface area contributed by atoms with Gasteiger partial charge in [-0.05, 0) is 12.1 Å². The van der Waals surface area contributed by atoms with E-state index in [1.165, 1.54) is 0 Å². The van der Waals surface area contributed by atoms with E-state index in [4.69, 9.17) is 9.68 Å². The zero-order chi connectivity index (χ0) is 10.5. The molecule has 0 amide bonds. The highest BCUT2D eigenvalue weighted by Crippen LogP contribution is 2.11. The van der Waals surface area contributed by atoms with Crippen molar-refractivity contribution >= 4 is 0 Å². The molecular weight excluding hydrogens is 190 g/mol. The van der Waals surface area contributed by atoms with Crippen LogP contribution in [0.1, 0.15) is 11.5 Å². The van der Waals surface area contributed by atoms with Crippen LogP contribution in [0.3, 0.4) is 0 Å². The Morgan fingerprint density at radius 2 is 2.07 bits per heavy atom. The van der Waals surface area contributed by atoms with E-state index in [1.54, 1.807) is 0 Å². The topological polar surface area (TPSA) is 52.2 Å². The van der Waals surface area contributed by atoms with Crippen molar-refractivity contribution in [2.45, 2.75) is 13.0 Å². The van der Waals surface area contributed by atoms with Gasteiger partial charge in [0.15, 0.2) is 0 Å². The van der Waals surface area contributed by atoms with Gasteiger partial charge in [0.05, 0.1) is 19.0 Å². The molecule has 0 spiro atoms. The molecule has 1 aliphatic heterocycles. The first-order valence-electron chi connectivity index (χ1n) is 5.26. The summed E-state index contributed by atoms with van der Waals surface area (Å²) in [6.45, 7) is 5.08. The van der Waals surface area contributed by atoms with Crippen molar-refractivity contribution < 1.29 is 4.42 Å². The average molecular weight is 205 g/mol. The lowest BCUT2D eigenvalue weighted by Gasteiger charge is -2.26. The zero-order valence-electron chi connectivity index (χ0n) is 8.70. The number of furan rings is 1. The number of hydrogen-bond acceptors (Lipinski definition) is 4. The smallest absolute Gasteiger partial charge is 0.118 e. The fourth-order valence-corrected chi connectivity index (χ4v) is 1.77. The fraction of sp³-hybridized carbons (Fsp3) is 0.545. The molecule has 1 aromatic rings. The zero-order valence-corrected chi connectivity index (χ0v) is 8.70. The van der Waals surface area contributed by atoms with Crippen LogP contribution in [-0.2, 0) is 13.0 Å². The Kier molecular flexibility index (Phi) is 3.38. The molecule has 2 heterocycles. The number of nitrogens with one attached hydrogen (secondary N) is 1. The molecule has 0 radical (unpaired) electrons. The maximum atomic E-state index is 8.52. The van der Waals surface area contributed by atoms with Crippen molar-refractivity contribution in [1.29, 1.82) is 5.26 Å². The SMILES string of the molecule is N#CCc1ccc(CN2CCNCC2)o1. The third kappa shape index (κ3) is 2.82. The van der Waals surface area contributed by atoms with Crippen molar-refractivity contribution in [3.8, 4) is 6.07 Å². The molecule has 0 atom stereocenters. The first kappa shape index (κ1) is 10.2. The molecule has 0 aromatic carbocycles. The highest BCUT2D eigenvalue weighted by molar-refractivity contribution is 5.10. The van der Waals surface area contributed by atoms with Crippen molar-refractivity contribution in [3.05, 3.63) is 23.7 Å². The van der Waals surface area contributed by atoms with E-state index in [0.717, 1.165) is 44.2 Å². The fourth-order valence-electron chi connectivity index (χ4n) is 1.77. The summed E-state index contributed by atoms with van der Waals surface area (Å²) in [4.78, 5) is 2.35. The van der Waals surface area contributed by atoms with Crippen LogP contribution in [0.5, 0.6) is 0 Å². The second-order valence-electron chi connectivity index (χ2n) is 3.73. The van der Waals surface area contributed by atoms with Gasteiger partial charge in [-0.3, -0.25) is 4.90 Å². The Balaban J connectivity index is 1.89. The van der Waals surface area contributed by atoms with Crippen molar-refractivity contribution in [1.82, 2.24) is 10.2 Å². The standard InChI is InChI=1S/C11H15N3O/c12-4-3-10-1-2-11(15-10)9-14-7-5-13-6-8-14/h1-2,13H,3,5-9H2. The van der Waals surface area contributed by atoms with Gasteiger partial charge in [0.2, 0.25) is 0 Å². The van der Waals surface area contributed by atoms with E-state index in [1.807, 2.05) is 12.1 Å². The number of piperazine rings is 1.